The number of benzene rings is 1. The SMILES string of the molecule is Cc1cc(CNC(=O)c2ccc(Br)cc2)c(C)n1C1CC1. The Balaban J connectivity index is 1.69. The molecule has 1 heterocycles. The molecule has 0 spiro atoms. The summed E-state index contributed by atoms with van der Waals surface area (Å²) in [4.78, 5) is 12.1. The molecule has 0 saturated heterocycles. The van der Waals surface area contributed by atoms with Crippen LogP contribution in [0.15, 0.2) is 34.8 Å². The Bertz CT molecular complexity index is 669. The molecule has 0 bridgehead atoms. The Morgan fingerprint density at radius 3 is 2.57 bits per heavy atom. The molecule has 3 rings (SSSR count). The number of amides is 1. The maximum atomic E-state index is 12.1. The zero-order chi connectivity index (χ0) is 15.0. The summed E-state index contributed by atoms with van der Waals surface area (Å²) in [6.45, 7) is 4.87. The van der Waals surface area contributed by atoms with Gasteiger partial charge in [0.15, 0.2) is 0 Å². The van der Waals surface area contributed by atoms with Crippen molar-refractivity contribution in [3.63, 3.8) is 0 Å². The van der Waals surface area contributed by atoms with Crippen molar-refractivity contribution in [3.8, 4) is 0 Å². The van der Waals surface area contributed by atoms with Gasteiger partial charge in [-0.1, -0.05) is 15.9 Å². The number of rotatable bonds is 4. The van der Waals surface area contributed by atoms with Crippen LogP contribution in [-0.4, -0.2) is 10.5 Å². The molecule has 0 unspecified atom stereocenters. The first-order valence-electron chi connectivity index (χ1n) is 7.27. The van der Waals surface area contributed by atoms with Crippen molar-refractivity contribution in [2.24, 2.45) is 0 Å². The number of nitrogens with zero attached hydrogens (tertiary/aromatic N) is 1. The number of carbonyl (C=O) groups is 1. The van der Waals surface area contributed by atoms with E-state index in [0.29, 0.717) is 18.2 Å². The number of carbonyl (C=O) groups excluding carboxylic acids is 1. The molecule has 0 atom stereocenters. The molecule has 3 nitrogen and oxygen atoms in total. The van der Waals surface area contributed by atoms with E-state index in [0.717, 1.165) is 4.47 Å². The maximum absolute atomic E-state index is 12.1. The van der Waals surface area contributed by atoms with Gasteiger partial charge in [-0.25, -0.2) is 0 Å². The first-order valence-corrected chi connectivity index (χ1v) is 8.06. The lowest BCUT2D eigenvalue weighted by Gasteiger charge is -2.09. The van der Waals surface area contributed by atoms with Crippen LogP contribution in [-0.2, 0) is 6.54 Å². The van der Waals surface area contributed by atoms with E-state index in [2.05, 4.69) is 45.7 Å². The molecular formula is C17H19BrN2O. The van der Waals surface area contributed by atoms with Gasteiger partial charge in [0.05, 0.1) is 0 Å². The van der Waals surface area contributed by atoms with E-state index < -0.39 is 0 Å². The van der Waals surface area contributed by atoms with Crippen LogP contribution in [0.1, 0.15) is 46.2 Å². The van der Waals surface area contributed by atoms with E-state index in [1.54, 1.807) is 0 Å². The van der Waals surface area contributed by atoms with Crippen LogP contribution in [0.2, 0.25) is 0 Å². The third-order valence-corrected chi connectivity index (χ3v) is 4.58. The topological polar surface area (TPSA) is 34.0 Å². The van der Waals surface area contributed by atoms with Crippen LogP contribution in [0.25, 0.3) is 0 Å². The molecule has 21 heavy (non-hydrogen) atoms. The second kappa shape index (κ2) is 5.68. The van der Waals surface area contributed by atoms with Gasteiger partial charge in [0.1, 0.15) is 0 Å². The van der Waals surface area contributed by atoms with Crippen molar-refractivity contribution in [2.75, 3.05) is 0 Å². The molecule has 0 aliphatic heterocycles. The molecule has 1 aliphatic rings. The first-order chi connectivity index (χ1) is 10.1. The summed E-state index contributed by atoms with van der Waals surface area (Å²) in [6, 6.07) is 10.3. The van der Waals surface area contributed by atoms with Crippen LogP contribution in [0.5, 0.6) is 0 Å². The molecule has 2 aromatic rings. The Morgan fingerprint density at radius 1 is 1.29 bits per heavy atom. The fourth-order valence-corrected chi connectivity index (χ4v) is 3.06. The lowest BCUT2D eigenvalue weighted by molar-refractivity contribution is 0.0951. The highest BCUT2D eigenvalue weighted by molar-refractivity contribution is 9.10. The fraction of sp³-hybridized carbons (Fsp3) is 0.353. The Morgan fingerprint density at radius 2 is 1.95 bits per heavy atom. The van der Waals surface area contributed by atoms with Crippen molar-refractivity contribution in [2.45, 2.75) is 39.3 Å². The highest BCUT2D eigenvalue weighted by Crippen LogP contribution is 2.38. The average molecular weight is 347 g/mol. The van der Waals surface area contributed by atoms with Crippen LogP contribution in [0.4, 0.5) is 0 Å². The molecule has 4 heteroatoms. The third-order valence-electron chi connectivity index (χ3n) is 4.05. The third kappa shape index (κ3) is 3.05. The predicted octanol–water partition coefficient (Wildman–Crippen LogP) is 4.13. The molecular weight excluding hydrogens is 328 g/mol. The Labute approximate surface area is 133 Å². The summed E-state index contributed by atoms with van der Waals surface area (Å²) in [5, 5.41) is 3.01. The van der Waals surface area contributed by atoms with Gasteiger partial charge in [0.2, 0.25) is 0 Å². The first kappa shape index (κ1) is 14.4. The quantitative estimate of drug-likeness (QED) is 0.887. The molecule has 1 amide bonds. The Hall–Kier alpha value is -1.55. The van der Waals surface area contributed by atoms with Gasteiger partial charge in [-0.15, -0.1) is 0 Å². The zero-order valence-corrected chi connectivity index (χ0v) is 13.9. The number of nitrogens with one attached hydrogen (secondary N) is 1. The van der Waals surface area contributed by atoms with Crippen molar-refractivity contribution in [1.82, 2.24) is 9.88 Å². The van der Waals surface area contributed by atoms with Gasteiger partial charge in [-0.3, -0.25) is 4.79 Å². The van der Waals surface area contributed by atoms with Crippen molar-refractivity contribution in [3.05, 3.63) is 57.3 Å². The summed E-state index contributed by atoms with van der Waals surface area (Å²) >= 11 is 3.38. The standard InChI is InChI=1S/C17H19BrN2O/c1-11-9-14(12(2)20(11)16-7-8-16)10-19-17(21)13-3-5-15(18)6-4-13/h3-6,9,16H,7-8,10H2,1-2H3,(H,19,21). The van der Waals surface area contributed by atoms with E-state index >= 15 is 0 Å². The summed E-state index contributed by atoms with van der Waals surface area (Å²) in [5.74, 6) is -0.0290. The predicted molar refractivity (Wildman–Crippen MR) is 87.5 cm³/mol. The second-order valence-electron chi connectivity index (χ2n) is 5.69. The van der Waals surface area contributed by atoms with E-state index in [9.17, 15) is 4.79 Å². The highest BCUT2D eigenvalue weighted by atomic mass is 79.9. The number of aryl methyl sites for hydroxylation is 1. The van der Waals surface area contributed by atoms with Gasteiger partial charge < -0.3 is 9.88 Å². The fourth-order valence-electron chi connectivity index (χ4n) is 2.80. The van der Waals surface area contributed by atoms with Crippen molar-refractivity contribution in [1.29, 1.82) is 0 Å². The minimum atomic E-state index is -0.0290. The van der Waals surface area contributed by atoms with Crippen LogP contribution in [0, 0.1) is 13.8 Å². The second-order valence-corrected chi connectivity index (χ2v) is 6.60. The van der Waals surface area contributed by atoms with Crippen LogP contribution < -0.4 is 5.32 Å². The summed E-state index contributed by atoms with van der Waals surface area (Å²) < 4.78 is 3.38. The van der Waals surface area contributed by atoms with Gasteiger partial charge in [-0.05, 0) is 62.6 Å². The number of halogens is 1. The molecule has 1 aromatic carbocycles. The van der Waals surface area contributed by atoms with Gasteiger partial charge in [0, 0.05) is 34.0 Å². The van der Waals surface area contributed by atoms with Crippen molar-refractivity contribution >= 4 is 21.8 Å². The average Bonchev–Trinajstić information content (AvgIpc) is 3.24. The smallest absolute Gasteiger partial charge is 0.251 e. The molecule has 110 valence electrons. The lowest BCUT2D eigenvalue weighted by atomic mass is 10.2. The Kier molecular flexibility index (Phi) is 3.89. The van der Waals surface area contributed by atoms with Gasteiger partial charge in [0.25, 0.3) is 5.91 Å². The number of aromatic nitrogens is 1. The molecule has 1 aliphatic carbocycles. The van der Waals surface area contributed by atoms with E-state index in [-0.39, 0.29) is 5.91 Å². The molecule has 1 saturated carbocycles. The molecule has 1 aromatic heterocycles. The number of hydrogen-bond acceptors (Lipinski definition) is 1. The van der Waals surface area contributed by atoms with Crippen LogP contribution in [0.3, 0.4) is 0 Å². The summed E-state index contributed by atoms with van der Waals surface area (Å²) in [7, 11) is 0. The summed E-state index contributed by atoms with van der Waals surface area (Å²) in [5.41, 5.74) is 4.48. The number of hydrogen-bond donors (Lipinski definition) is 1. The monoisotopic (exact) mass is 346 g/mol. The van der Waals surface area contributed by atoms with Crippen LogP contribution >= 0.6 is 15.9 Å². The lowest BCUT2D eigenvalue weighted by Crippen LogP contribution is -2.23. The molecule has 1 N–H and O–H groups in total. The summed E-state index contributed by atoms with van der Waals surface area (Å²) in [6.07, 6.45) is 2.56. The van der Waals surface area contributed by atoms with E-state index in [1.165, 1.54) is 29.8 Å². The van der Waals surface area contributed by atoms with E-state index in [4.69, 9.17) is 0 Å². The van der Waals surface area contributed by atoms with Crippen molar-refractivity contribution < 1.29 is 4.79 Å². The van der Waals surface area contributed by atoms with Gasteiger partial charge >= 0.3 is 0 Å². The maximum Gasteiger partial charge on any atom is 0.251 e. The minimum Gasteiger partial charge on any atom is -0.348 e. The largest absolute Gasteiger partial charge is 0.348 e. The normalized spacial score (nSPS) is 14.2. The van der Waals surface area contributed by atoms with E-state index in [1.807, 2.05) is 24.3 Å². The molecule has 1 fully saturated rings. The highest BCUT2D eigenvalue weighted by Gasteiger charge is 2.26. The molecule has 0 radical (unpaired) electrons. The zero-order valence-electron chi connectivity index (χ0n) is 12.3. The van der Waals surface area contributed by atoms with Gasteiger partial charge in [-0.2, -0.15) is 0 Å². The minimum absolute atomic E-state index is 0.0290.